The largest absolute Gasteiger partial charge is 0.504 e. The zero-order valence-corrected chi connectivity index (χ0v) is 23.0. The molecule has 3 aromatic carbocycles. The third-order valence-corrected chi connectivity index (χ3v) is 7.50. The van der Waals surface area contributed by atoms with Crippen molar-refractivity contribution in [3.63, 3.8) is 0 Å². The molecule has 3 aromatic rings. The maximum atomic E-state index is 10.7. The van der Waals surface area contributed by atoms with E-state index in [9.17, 15) is 10.2 Å². The number of phenols is 2. The number of benzene rings is 3. The van der Waals surface area contributed by atoms with Gasteiger partial charge in [-0.25, -0.2) is 0 Å². The fraction of sp³-hybridized carbons (Fsp3) is 0.400. The van der Waals surface area contributed by atoms with Crippen molar-refractivity contribution in [1.82, 2.24) is 0 Å². The molecule has 2 atom stereocenters. The molecule has 2 heterocycles. The van der Waals surface area contributed by atoms with Crippen molar-refractivity contribution in [3.8, 4) is 51.4 Å². The van der Waals surface area contributed by atoms with Crippen LogP contribution < -0.4 is 23.7 Å². The minimum atomic E-state index is -0.508. The number of methoxy groups -OCH3 is 5. The van der Waals surface area contributed by atoms with E-state index in [0.717, 1.165) is 33.4 Å². The topological polar surface area (TPSA) is 105 Å². The zero-order valence-electron chi connectivity index (χ0n) is 23.0. The highest BCUT2D eigenvalue weighted by Gasteiger charge is 2.34. The van der Waals surface area contributed by atoms with Crippen molar-refractivity contribution in [2.75, 3.05) is 42.2 Å². The van der Waals surface area contributed by atoms with E-state index in [-0.39, 0.29) is 24.2 Å². The molecule has 2 N–H and O–H groups in total. The number of aromatic hydroxyl groups is 2. The van der Waals surface area contributed by atoms with Crippen molar-refractivity contribution < 1.29 is 43.4 Å². The van der Waals surface area contributed by atoms with Crippen molar-refractivity contribution in [1.29, 1.82) is 0 Å². The summed E-state index contributed by atoms with van der Waals surface area (Å²) in [6.45, 7) is 2.64. The van der Waals surface area contributed by atoms with E-state index in [4.69, 9.17) is 33.2 Å². The fourth-order valence-corrected chi connectivity index (χ4v) is 5.69. The monoisotopic (exact) mass is 538 g/mol. The number of fused-ring (bicyclic) bond motifs is 2. The Labute approximate surface area is 227 Å². The molecule has 0 bridgehead atoms. The van der Waals surface area contributed by atoms with E-state index in [1.165, 1.54) is 0 Å². The van der Waals surface area contributed by atoms with Gasteiger partial charge in [0.25, 0.3) is 0 Å². The average Bonchev–Trinajstić information content (AvgIpc) is 2.96. The van der Waals surface area contributed by atoms with Crippen LogP contribution in [0.25, 0.3) is 11.1 Å². The van der Waals surface area contributed by atoms with Gasteiger partial charge in [-0.15, -0.1) is 0 Å². The molecule has 0 amide bonds. The fourth-order valence-electron chi connectivity index (χ4n) is 5.69. The standard InChI is InChI=1S/C30H34O9/c1-15-9-18-19(12-21(31)28(32)20(18)14-39-15)26-17-7-8-38-29(27(17)23(34-3)13-22(26)33-2)16-10-24(35-4)30(37-6)25(11-16)36-5/h10-13,15,29,31-32H,7-9,14H2,1-6H3. The molecule has 0 spiro atoms. The van der Waals surface area contributed by atoms with Crippen LogP contribution in [0.2, 0.25) is 0 Å². The number of hydrogen-bond acceptors (Lipinski definition) is 9. The van der Waals surface area contributed by atoms with Crippen LogP contribution >= 0.6 is 0 Å². The molecule has 0 saturated carbocycles. The SMILES string of the molecule is COc1cc(C2OCCc3c(-c4cc(O)c(O)c5c4CC(C)OC5)c(OC)cc(OC)c32)cc(OC)c1OC. The molecule has 2 aliphatic rings. The van der Waals surface area contributed by atoms with Crippen LogP contribution in [-0.2, 0) is 28.9 Å². The molecule has 39 heavy (non-hydrogen) atoms. The quantitative estimate of drug-likeness (QED) is 0.405. The van der Waals surface area contributed by atoms with Gasteiger partial charge in [0.2, 0.25) is 5.75 Å². The summed E-state index contributed by atoms with van der Waals surface area (Å²) in [5, 5.41) is 21.4. The van der Waals surface area contributed by atoms with Gasteiger partial charge in [-0.2, -0.15) is 0 Å². The van der Waals surface area contributed by atoms with Gasteiger partial charge in [-0.05, 0) is 60.2 Å². The van der Waals surface area contributed by atoms with Gasteiger partial charge in [0.1, 0.15) is 17.6 Å². The summed E-state index contributed by atoms with van der Waals surface area (Å²) in [4.78, 5) is 0. The molecular weight excluding hydrogens is 504 g/mol. The van der Waals surface area contributed by atoms with Gasteiger partial charge in [0.05, 0.1) is 54.9 Å². The summed E-state index contributed by atoms with van der Waals surface area (Å²) in [6, 6.07) is 7.20. The van der Waals surface area contributed by atoms with E-state index >= 15 is 0 Å². The van der Waals surface area contributed by atoms with Crippen LogP contribution in [0.3, 0.4) is 0 Å². The predicted octanol–water partition coefficient (Wildman–Crippen LogP) is 4.93. The van der Waals surface area contributed by atoms with Crippen LogP contribution in [0.4, 0.5) is 0 Å². The summed E-state index contributed by atoms with van der Waals surface area (Å²) in [6.07, 6.45) is 0.609. The normalized spacial score (nSPS) is 18.1. The molecule has 0 radical (unpaired) electrons. The molecule has 0 aliphatic carbocycles. The van der Waals surface area contributed by atoms with E-state index in [1.54, 1.807) is 41.6 Å². The second kappa shape index (κ2) is 10.7. The lowest BCUT2D eigenvalue weighted by Gasteiger charge is -2.33. The number of phenolic OH excluding ortho intramolecular Hbond substituents is 2. The second-order valence-electron chi connectivity index (χ2n) is 9.58. The van der Waals surface area contributed by atoms with Crippen molar-refractivity contribution in [2.24, 2.45) is 0 Å². The summed E-state index contributed by atoms with van der Waals surface area (Å²) < 4.78 is 40.6. The maximum Gasteiger partial charge on any atom is 0.203 e. The zero-order chi connectivity index (χ0) is 27.8. The molecular formula is C30H34O9. The third kappa shape index (κ3) is 4.45. The molecule has 0 fully saturated rings. The van der Waals surface area contributed by atoms with E-state index < -0.39 is 6.10 Å². The summed E-state index contributed by atoms with van der Waals surface area (Å²) >= 11 is 0. The third-order valence-electron chi connectivity index (χ3n) is 7.50. The number of hydrogen-bond donors (Lipinski definition) is 2. The number of ether oxygens (including phenoxy) is 7. The van der Waals surface area contributed by atoms with Crippen LogP contribution in [0.15, 0.2) is 24.3 Å². The van der Waals surface area contributed by atoms with Crippen molar-refractivity contribution >= 4 is 0 Å². The van der Waals surface area contributed by atoms with Crippen molar-refractivity contribution in [2.45, 2.75) is 38.6 Å². The molecule has 0 aromatic heterocycles. The Kier molecular flexibility index (Phi) is 7.38. The van der Waals surface area contributed by atoms with Crippen LogP contribution in [-0.4, -0.2) is 58.5 Å². The van der Waals surface area contributed by atoms with E-state index in [2.05, 4.69) is 0 Å². The number of rotatable bonds is 7. The predicted molar refractivity (Wildman–Crippen MR) is 144 cm³/mol. The highest BCUT2D eigenvalue weighted by atomic mass is 16.5. The molecule has 2 aliphatic heterocycles. The molecule has 9 nitrogen and oxygen atoms in total. The average molecular weight is 539 g/mol. The molecule has 2 unspecified atom stereocenters. The minimum Gasteiger partial charge on any atom is -0.504 e. The first-order valence-corrected chi connectivity index (χ1v) is 12.7. The Balaban J connectivity index is 1.79. The highest BCUT2D eigenvalue weighted by Crippen LogP contribution is 2.52. The van der Waals surface area contributed by atoms with Crippen LogP contribution in [0, 0.1) is 0 Å². The second-order valence-corrected chi connectivity index (χ2v) is 9.58. The molecule has 9 heteroatoms. The minimum absolute atomic E-state index is 0.0458. The van der Waals surface area contributed by atoms with Crippen LogP contribution in [0.1, 0.15) is 40.8 Å². The maximum absolute atomic E-state index is 10.7. The van der Waals surface area contributed by atoms with Crippen LogP contribution in [0.5, 0.6) is 40.2 Å². The van der Waals surface area contributed by atoms with Gasteiger partial charge < -0.3 is 43.4 Å². The summed E-state index contributed by atoms with van der Waals surface area (Å²) in [5.41, 5.74) is 5.75. The Morgan fingerprint density at radius 2 is 1.41 bits per heavy atom. The Bertz CT molecular complexity index is 1370. The first-order chi connectivity index (χ1) is 18.9. The first-order valence-electron chi connectivity index (χ1n) is 12.7. The lowest BCUT2D eigenvalue weighted by molar-refractivity contribution is 0.0396. The van der Waals surface area contributed by atoms with Gasteiger partial charge in [-0.1, -0.05) is 0 Å². The Morgan fingerprint density at radius 3 is 2.03 bits per heavy atom. The van der Waals surface area contributed by atoms with Gasteiger partial charge in [0, 0.05) is 22.8 Å². The smallest absolute Gasteiger partial charge is 0.203 e. The lowest BCUT2D eigenvalue weighted by Crippen LogP contribution is -2.22. The first kappa shape index (κ1) is 26.8. The van der Waals surface area contributed by atoms with Gasteiger partial charge in [0.15, 0.2) is 23.0 Å². The lowest BCUT2D eigenvalue weighted by atomic mass is 9.82. The van der Waals surface area contributed by atoms with E-state index in [1.807, 2.05) is 25.1 Å². The van der Waals surface area contributed by atoms with Gasteiger partial charge >= 0.3 is 0 Å². The summed E-state index contributed by atoms with van der Waals surface area (Å²) in [7, 11) is 7.94. The molecule has 208 valence electrons. The molecule has 5 rings (SSSR count). The summed E-state index contributed by atoms with van der Waals surface area (Å²) in [5.74, 6) is 2.37. The highest BCUT2D eigenvalue weighted by molar-refractivity contribution is 5.83. The van der Waals surface area contributed by atoms with E-state index in [0.29, 0.717) is 53.8 Å². The molecule has 0 saturated heterocycles. The Morgan fingerprint density at radius 1 is 0.744 bits per heavy atom. The van der Waals surface area contributed by atoms with Gasteiger partial charge in [-0.3, -0.25) is 0 Å². The van der Waals surface area contributed by atoms with Crippen molar-refractivity contribution in [3.05, 3.63) is 52.1 Å². The Hall–Kier alpha value is -3.82.